The van der Waals surface area contributed by atoms with Gasteiger partial charge in [0.2, 0.25) is 0 Å². The summed E-state index contributed by atoms with van der Waals surface area (Å²) in [5.74, 6) is 0.237. The number of ketones is 1. The van der Waals surface area contributed by atoms with E-state index in [9.17, 15) is 14.7 Å². The van der Waals surface area contributed by atoms with Gasteiger partial charge in [-0.1, -0.05) is 48.0 Å². The van der Waals surface area contributed by atoms with Gasteiger partial charge in [0.05, 0.1) is 18.7 Å². The molecular weight excluding hydrogens is 406 g/mol. The van der Waals surface area contributed by atoms with Crippen LogP contribution in [0.5, 0.6) is 11.5 Å². The number of hydrogen-bond donors (Lipinski definition) is 1. The van der Waals surface area contributed by atoms with Crippen molar-refractivity contribution >= 4 is 17.4 Å². The van der Waals surface area contributed by atoms with E-state index in [0.717, 1.165) is 11.1 Å². The van der Waals surface area contributed by atoms with Gasteiger partial charge in [-0.25, -0.2) is 0 Å². The van der Waals surface area contributed by atoms with Crippen LogP contribution < -0.4 is 14.4 Å². The van der Waals surface area contributed by atoms with E-state index in [-0.39, 0.29) is 12.2 Å². The second-order valence-corrected chi connectivity index (χ2v) is 8.21. The van der Waals surface area contributed by atoms with E-state index in [0.29, 0.717) is 48.1 Å². The highest BCUT2D eigenvalue weighted by molar-refractivity contribution is 6.10. The number of ether oxygens (including phenoxy) is 2. The van der Waals surface area contributed by atoms with Crippen molar-refractivity contribution in [3.63, 3.8) is 0 Å². The summed E-state index contributed by atoms with van der Waals surface area (Å²) in [5, 5.41) is 11.5. The fourth-order valence-electron chi connectivity index (χ4n) is 4.26. The number of carbonyl (C=O) groups excluding carboxylic acids is 2. The Morgan fingerprint density at radius 3 is 2.50 bits per heavy atom. The van der Waals surface area contributed by atoms with Crippen LogP contribution in [0.3, 0.4) is 0 Å². The van der Waals surface area contributed by atoms with E-state index in [1.807, 2.05) is 37.3 Å². The summed E-state index contributed by atoms with van der Waals surface area (Å²) >= 11 is 0. The maximum absolute atomic E-state index is 13.4. The maximum atomic E-state index is 13.4. The molecule has 0 unspecified atom stereocenters. The standard InChI is InChI=1S/C26H23NO5/c1-17-6-8-18(9-7-17)16-27-21-5-3-2-4-20(21)26(30,25(27)29)15-22(28)19-10-11-23-24(14-19)32-13-12-31-23/h2-11,14,30H,12-13,15-16H2,1H3/t26-/m0/s1. The summed E-state index contributed by atoms with van der Waals surface area (Å²) in [7, 11) is 0. The molecule has 1 amide bonds. The zero-order valence-electron chi connectivity index (χ0n) is 17.7. The fourth-order valence-corrected chi connectivity index (χ4v) is 4.26. The second kappa shape index (κ2) is 7.80. The van der Waals surface area contributed by atoms with E-state index in [2.05, 4.69) is 0 Å². The number of Topliss-reactive ketones (excluding diaryl/α,β-unsaturated/α-hetero) is 1. The predicted molar refractivity (Wildman–Crippen MR) is 119 cm³/mol. The fraction of sp³-hybridized carbons (Fsp3) is 0.231. The van der Waals surface area contributed by atoms with Crippen LogP contribution in [-0.4, -0.2) is 30.0 Å². The van der Waals surface area contributed by atoms with Crippen LogP contribution in [0.15, 0.2) is 66.7 Å². The van der Waals surface area contributed by atoms with Crippen molar-refractivity contribution in [2.45, 2.75) is 25.5 Å². The molecule has 0 radical (unpaired) electrons. The Hall–Kier alpha value is -3.64. The highest BCUT2D eigenvalue weighted by Gasteiger charge is 2.50. The van der Waals surface area contributed by atoms with Crippen LogP contribution in [0.25, 0.3) is 0 Å². The molecule has 1 N–H and O–H groups in total. The maximum Gasteiger partial charge on any atom is 0.264 e. The Balaban J connectivity index is 1.44. The Morgan fingerprint density at radius 1 is 1.00 bits per heavy atom. The Labute approximate surface area is 186 Å². The minimum atomic E-state index is -1.92. The third kappa shape index (κ3) is 3.42. The number of amides is 1. The van der Waals surface area contributed by atoms with E-state index in [4.69, 9.17) is 9.47 Å². The van der Waals surface area contributed by atoms with Crippen molar-refractivity contribution in [2.24, 2.45) is 0 Å². The lowest BCUT2D eigenvalue weighted by atomic mass is 9.88. The quantitative estimate of drug-likeness (QED) is 0.625. The molecule has 0 bridgehead atoms. The van der Waals surface area contributed by atoms with Crippen molar-refractivity contribution in [1.82, 2.24) is 0 Å². The molecule has 0 fully saturated rings. The molecule has 32 heavy (non-hydrogen) atoms. The average Bonchev–Trinajstić information content (AvgIpc) is 3.02. The summed E-state index contributed by atoms with van der Waals surface area (Å²) in [6, 6.07) is 19.9. The van der Waals surface area contributed by atoms with Crippen molar-refractivity contribution in [1.29, 1.82) is 0 Å². The van der Waals surface area contributed by atoms with Gasteiger partial charge in [-0.05, 0) is 36.8 Å². The lowest BCUT2D eigenvalue weighted by Gasteiger charge is -2.23. The number of anilines is 1. The second-order valence-electron chi connectivity index (χ2n) is 8.21. The molecule has 5 rings (SSSR count). The first kappa shape index (κ1) is 20.3. The molecule has 6 nitrogen and oxygen atoms in total. The molecule has 0 saturated carbocycles. The number of benzene rings is 3. The molecule has 2 heterocycles. The molecule has 162 valence electrons. The third-order valence-electron chi connectivity index (χ3n) is 5.98. The van der Waals surface area contributed by atoms with Crippen LogP contribution >= 0.6 is 0 Å². The van der Waals surface area contributed by atoms with Crippen LogP contribution in [0.4, 0.5) is 5.69 Å². The highest BCUT2D eigenvalue weighted by Crippen LogP contribution is 2.44. The lowest BCUT2D eigenvalue weighted by Crippen LogP contribution is -2.41. The molecular formula is C26H23NO5. The first-order valence-corrected chi connectivity index (χ1v) is 10.6. The van der Waals surface area contributed by atoms with E-state index >= 15 is 0 Å². The van der Waals surface area contributed by atoms with Crippen LogP contribution in [0.1, 0.15) is 33.5 Å². The van der Waals surface area contributed by atoms with Gasteiger partial charge in [0.15, 0.2) is 22.9 Å². The number of para-hydroxylation sites is 1. The third-order valence-corrected chi connectivity index (χ3v) is 5.98. The molecule has 0 spiro atoms. The molecule has 0 aliphatic carbocycles. The average molecular weight is 429 g/mol. The van der Waals surface area contributed by atoms with Crippen LogP contribution in [0, 0.1) is 6.92 Å². The van der Waals surface area contributed by atoms with Crippen LogP contribution in [0.2, 0.25) is 0 Å². The number of nitrogens with zero attached hydrogens (tertiary/aromatic N) is 1. The van der Waals surface area contributed by atoms with Gasteiger partial charge in [0, 0.05) is 11.1 Å². The molecule has 2 aliphatic rings. The molecule has 6 heteroatoms. The predicted octanol–water partition coefficient (Wildman–Crippen LogP) is 3.77. The molecule has 0 aromatic heterocycles. The number of aliphatic hydroxyl groups is 1. The number of aryl methyl sites for hydroxylation is 1. The molecule has 3 aromatic carbocycles. The number of rotatable bonds is 5. The van der Waals surface area contributed by atoms with Gasteiger partial charge < -0.3 is 19.5 Å². The zero-order valence-corrected chi connectivity index (χ0v) is 17.7. The van der Waals surface area contributed by atoms with Gasteiger partial charge in [0.25, 0.3) is 5.91 Å². The highest BCUT2D eigenvalue weighted by atomic mass is 16.6. The molecule has 0 saturated heterocycles. The van der Waals surface area contributed by atoms with Gasteiger partial charge in [0.1, 0.15) is 13.2 Å². The van der Waals surface area contributed by atoms with Gasteiger partial charge in [-0.3, -0.25) is 9.59 Å². The number of carbonyl (C=O) groups is 2. The monoisotopic (exact) mass is 429 g/mol. The Bertz CT molecular complexity index is 1200. The van der Waals surface area contributed by atoms with E-state index in [1.54, 1.807) is 41.3 Å². The molecule has 2 aliphatic heterocycles. The molecule has 1 atom stereocenters. The molecule has 3 aromatic rings. The first-order valence-electron chi connectivity index (χ1n) is 10.6. The van der Waals surface area contributed by atoms with Gasteiger partial charge >= 0.3 is 0 Å². The summed E-state index contributed by atoms with van der Waals surface area (Å²) in [6.07, 6.45) is -0.354. The topological polar surface area (TPSA) is 76.1 Å². The zero-order chi connectivity index (χ0) is 22.3. The van der Waals surface area contributed by atoms with Gasteiger partial charge in [-0.15, -0.1) is 0 Å². The van der Waals surface area contributed by atoms with E-state index in [1.165, 1.54) is 0 Å². The normalized spacial score (nSPS) is 19.1. The van der Waals surface area contributed by atoms with Crippen molar-refractivity contribution in [3.8, 4) is 11.5 Å². The summed E-state index contributed by atoms with van der Waals surface area (Å²) < 4.78 is 11.1. The van der Waals surface area contributed by atoms with E-state index < -0.39 is 11.5 Å². The van der Waals surface area contributed by atoms with Crippen LogP contribution in [-0.2, 0) is 16.9 Å². The largest absolute Gasteiger partial charge is 0.486 e. The van der Waals surface area contributed by atoms with Gasteiger partial charge in [-0.2, -0.15) is 0 Å². The number of hydrogen-bond acceptors (Lipinski definition) is 5. The summed E-state index contributed by atoms with van der Waals surface area (Å²) in [4.78, 5) is 28.1. The SMILES string of the molecule is Cc1ccc(CN2C(=O)[C@](O)(CC(=O)c3ccc4c(c3)OCCO4)c3ccccc32)cc1. The minimum absolute atomic E-state index is 0.316. The first-order chi connectivity index (χ1) is 15.5. The Kier molecular flexibility index (Phi) is 4.94. The number of fused-ring (bicyclic) bond motifs is 2. The van der Waals surface area contributed by atoms with Crippen molar-refractivity contribution in [3.05, 3.63) is 89.0 Å². The minimum Gasteiger partial charge on any atom is -0.486 e. The smallest absolute Gasteiger partial charge is 0.264 e. The summed E-state index contributed by atoms with van der Waals surface area (Å²) in [6.45, 7) is 3.19. The van der Waals surface area contributed by atoms with Crippen molar-refractivity contribution in [2.75, 3.05) is 18.1 Å². The lowest BCUT2D eigenvalue weighted by molar-refractivity contribution is -0.136. The summed E-state index contributed by atoms with van der Waals surface area (Å²) in [5.41, 5.74) is 1.58. The van der Waals surface area contributed by atoms with Crippen molar-refractivity contribution < 1.29 is 24.2 Å². The Morgan fingerprint density at radius 2 is 1.72 bits per heavy atom.